The molecule has 0 spiro atoms. The summed E-state index contributed by atoms with van der Waals surface area (Å²) in [6.45, 7) is 4.56. The highest BCUT2D eigenvalue weighted by Crippen LogP contribution is 2.41. The molecule has 0 aromatic heterocycles. The number of ether oxygens (including phenoxy) is 1. The van der Waals surface area contributed by atoms with E-state index in [4.69, 9.17) is 16.3 Å². The second kappa shape index (κ2) is 20.0. The summed E-state index contributed by atoms with van der Waals surface area (Å²) in [4.78, 5) is 12.9. The van der Waals surface area contributed by atoms with Crippen LogP contribution < -0.4 is 0 Å². The topological polar surface area (TPSA) is 26.3 Å². The number of halogens is 1. The summed E-state index contributed by atoms with van der Waals surface area (Å²) >= 11 is 6.56. The summed E-state index contributed by atoms with van der Waals surface area (Å²) in [7, 11) is 0. The van der Waals surface area contributed by atoms with Gasteiger partial charge in [-0.3, -0.25) is 0 Å². The second-order valence-corrected chi connectivity index (χ2v) is 13.7. The highest BCUT2D eigenvalue weighted by atomic mass is 35.5. The van der Waals surface area contributed by atoms with E-state index in [1.54, 1.807) is 0 Å². The maximum Gasteiger partial charge on any atom is 0.338 e. The quantitative estimate of drug-likeness (QED) is 0.122. The molecule has 0 atom stereocenters. The van der Waals surface area contributed by atoms with Gasteiger partial charge in [-0.05, 0) is 86.8 Å². The van der Waals surface area contributed by atoms with E-state index < -0.39 is 0 Å². The molecular formula is C37H61ClO2. The highest BCUT2D eigenvalue weighted by Gasteiger charge is 2.32. The number of aryl methyl sites for hydroxylation is 1. The Bertz CT molecular complexity index is 804. The summed E-state index contributed by atoms with van der Waals surface area (Å²) in [6, 6.07) is 5.79. The standard InChI is InChI=1S/C37H61ClO2/c1-3-5-7-9-11-13-15-17-30-19-21-31(22-20-30)32-25-27-35(28-26-32)40-37(39)34-24-23-33(36(38)29-34)18-16-14-12-10-8-6-4-2/h23-24,29-32,35H,3-22,25-28H2,1-2H3. The summed E-state index contributed by atoms with van der Waals surface area (Å²) < 4.78 is 5.96. The molecule has 0 radical (unpaired) electrons. The number of hydrogen-bond donors (Lipinski definition) is 0. The highest BCUT2D eigenvalue weighted by molar-refractivity contribution is 6.31. The zero-order valence-electron chi connectivity index (χ0n) is 26.2. The van der Waals surface area contributed by atoms with Gasteiger partial charge in [0, 0.05) is 5.02 Å². The van der Waals surface area contributed by atoms with Crippen molar-refractivity contribution in [3.8, 4) is 0 Å². The van der Waals surface area contributed by atoms with Gasteiger partial charge in [0.15, 0.2) is 0 Å². The minimum Gasteiger partial charge on any atom is -0.459 e. The molecule has 1 aromatic rings. The van der Waals surface area contributed by atoms with Crippen LogP contribution in [0.15, 0.2) is 18.2 Å². The number of carbonyl (C=O) groups excluding carboxylic acids is 1. The van der Waals surface area contributed by atoms with Crippen molar-refractivity contribution in [2.24, 2.45) is 17.8 Å². The first-order valence-electron chi connectivity index (χ1n) is 17.6. The van der Waals surface area contributed by atoms with Gasteiger partial charge in [-0.1, -0.05) is 134 Å². The molecule has 40 heavy (non-hydrogen) atoms. The summed E-state index contributed by atoms with van der Waals surface area (Å²) in [6.07, 6.45) is 31.9. The van der Waals surface area contributed by atoms with Gasteiger partial charge in [0.05, 0.1) is 5.56 Å². The Balaban J connectivity index is 1.28. The van der Waals surface area contributed by atoms with Crippen molar-refractivity contribution in [2.75, 3.05) is 0 Å². The SMILES string of the molecule is CCCCCCCCCc1ccc(C(=O)OC2CCC(C3CCC(CCCCCCCCC)CC3)CC2)cc1Cl. The molecule has 3 heteroatoms. The van der Waals surface area contributed by atoms with Gasteiger partial charge >= 0.3 is 5.97 Å². The van der Waals surface area contributed by atoms with Crippen LogP contribution in [0.5, 0.6) is 0 Å². The molecule has 0 saturated heterocycles. The Morgan fingerprint density at radius 2 is 1.23 bits per heavy atom. The Labute approximate surface area is 252 Å². The summed E-state index contributed by atoms with van der Waals surface area (Å²) in [5.41, 5.74) is 1.76. The smallest absolute Gasteiger partial charge is 0.338 e. The molecule has 2 nitrogen and oxygen atoms in total. The first-order valence-corrected chi connectivity index (χ1v) is 18.0. The Kier molecular flexibility index (Phi) is 16.7. The maximum atomic E-state index is 12.9. The van der Waals surface area contributed by atoms with Crippen LogP contribution in [0.3, 0.4) is 0 Å². The first kappa shape index (κ1) is 33.5. The third kappa shape index (κ3) is 12.5. The average molecular weight is 573 g/mol. The van der Waals surface area contributed by atoms with Crippen molar-refractivity contribution >= 4 is 17.6 Å². The van der Waals surface area contributed by atoms with Gasteiger partial charge in [0.1, 0.15) is 6.10 Å². The fraction of sp³-hybridized carbons (Fsp3) is 0.811. The lowest BCUT2D eigenvalue weighted by molar-refractivity contribution is 0.0109. The molecule has 2 aliphatic carbocycles. The molecule has 1 aromatic carbocycles. The second-order valence-electron chi connectivity index (χ2n) is 13.3. The van der Waals surface area contributed by atoms with E-state index in [1.165, 1.54) is 135 Å². The van der Waals surface area contributed by atoms with Gasteiger partial charge in [-0.25, -0.2) is 4.79 Å². The lowest BCUT2D eigenvalue weighted by Crippen LogP contribution is -2.29. The lowest BCUT2D eigenvalue weighted by atomic mass is 9.70. The molecule has 0 unspecified atom stereocenters. The van der Waals surface area contributed by atoms with Crippen molar-refractivity contribution in [1.82, 2.24) is 0 Å². The number of hydrogen-bond acceptors (Lipinski definition) is 2. The van der Waals surface area contributed by atoms with Crippen molar-refractivity contribution in [1.29, 1.82) is 0 Å². The molecule has 0 N–H and O–H groups in total. The minimum absolute atomic E-state index is 0.0728. The van der Waals surface area contributed by atoms with Crippen LogP contribution in [0.4, 0.5) is 0 Å². The van der Waals surface area contributed by atoms with Crippen LogP contribution >= 0.6 is 11.6 Å². The van der Waals surface area contributed by atoms with Gasteiger partial charge in [0.25, 0.3) is 0 Å². The van der Waals surface area contributed by atoms with Crippen LogP contribution in [0.25, 0.3) is 0 Å². The average Bonchev–Trinajstić information content (AvgIpc) is 2.97. The van der Waals surface area contributed by atoms with Crippen LogP contribution in [0.1, 0.15) is 177 Å². The van der Waals surface area contributed by atoms with Gasteiger partial charge in [-0.15, -0.1) is 0 Å². The predicted octanol–water partition coefficient (Wildman–Crippen LogP) is 12.3. The maximum absolute atomic E-state index is 12.9. The number of esters is 1. The predicted molar refractivity (Wildman–Crippen MR) is 172 cm³/mol. The third-order valence-corrected chi connectivity index (χ3v) is 10.5. The zero-order chi connectivity index (χ0) is 28.4. The van der Waals surface area contributed by atoms with Crippen molar-refractivity contribution in [2.45, 2.75) is 174 Å². The van der Waals surface area contributed by atoms with E-state index >= 15 is 0 Å². The van der Waals surface area contributed by atoms with Crippen LogP contribution in [0.2, 0.25) is 5.02 Å². The van der Waals surface area contributed by atoms with Crippen LogP contribution in [0, 0.1) is 17.8 Å². The Morgan fingerprint density at radius 3 is 1.80 bits per heavy atom. The van der Waals surface area contributed by atoms with Crippen LogP contribution in [-0.2, 0) is 11.2 Å². The molecule has 0 heterocycles. The normalized spacial score (nSPS) is 23.3. The third-order valence-electron chi connectivity index (χ3n) is 10.1. The van der Waals surface area contributed by atoms with Crippen molar-refractivity contribution < 1.29 is 9.53 Å². The molecule has 2 aliphatic rings. The van der Waals surface area contributed by atoms with Gasteiger partial charge in [-0.2, -0.15) is 0 Å². The summed E-state index contributed by atoms with van der Waals surface area (Å²) in [5.74, 6) is 2.54. The minimum atomic E-state index is -0.196. The Hall–Kier alpha value is -1.02. The fourth-order valence-electron chi connectivity index (χ4n) is 7.39. The molecule has 3 rings (SSSR count). The number of benzene rings is 1. The molecule has 0 amide bonds. The summed E-state index contributed by atoms with van der Waals surface area (Å²) in [5, 5.41) is 0.715. The van der Waals surface area contributed by atoms with Crippen molar-refractivity contribution in [3.63, 3.8) is 0 Å². The zero-order valence-corrected chi connectivity index (χ0v) is 27.0. The monoisotopic (exact) mass is 572 g/mol. The molecule has 2 saturated carbocycles. The van der Waals surface area contributed by atoms with Gasteiger partial charge in [0.2, 0.25) is 0 Å². The lowest BCUT2D eigenvalue weighted by Gasteiger charge is -2.37. The van der Waals surface area contributed by atoms with Crippen molar-refractivity contribution in [3.05, 3.63) is 34.3 Å². The van der Waals surface area contributed by atoms with Crippen LogP contribution in [-0.4, -0.2) is 12.1 Å². The van der Waals surface area contributed by atoms with E-state index in [0.717, 1.165) is 42.6 Å². The number of rotatable bonds is 19. The van der Waals surface area contributed by atoms with E-state index in [2.05, 4.69) is 13.8 Å². The number of unbranched alkanes of at least 4 members (excludes halogenated alkanes) is 12. The Morgan fingerprint density at radius 1 is 0.700 bits per heavy atom. The van der Waals surface area contributed by atoms with E-state index in [9.17, 15) is 4.79 Å². The molecular weight excluding hydrogens is 512 g/mol. The first-order chi connectivity index (χ1) is 19.6. The number of carbonyl (C=O) groups is 1. The van der Waals surface area contributed by atoms with E-state index in [0.29, 0.717) is 10.6 Å². The largest absolute Gasteiger partial charge is 0.459 e. The van der Waals surface area contributed by atoms with E-state index in [-0.39, 0.29) is 12.1 Å². The fourth-order valence-corrected chi connectivity index (χ4v) is 7.66. The van der Waals surface area contributed by atoms with Gasteiger partial charge < -0.3 is 4.74 Å². The molecule has 0 bridgehead atoms. The molecule has 2 fully saturated rings. The molecule has 0 aliphatic heterocycles. The van der Waals surface area contributed by atoms with E-state index in [1.807, 2.05) is 18.2 Å². The molecule has 228 valence electrons.